The number of hydrogen-bond donors (Lipinski definition) is 1. The monoisotopic (exact) mass is 319 g/mol. The molecule has 0 unspecified atom stereocenters. The second-order valence-electron chi connectivity index (χ2n) is 4.89. The van der Waals surface area contributed by atoms with E-state index in [1.165, 1.54) is 0 Å². The summed E-state index contributed by atoms with van der Waals surface area (Å²) in [4.78, 5) is 12.2. The zero-order valence-corrected chi connectivity index (χ0v) is 13.5. The molecule has 4 nitrogen and oxygen atoms in total. The van der Waals surface area contributed by atoms with Gasteiger partial charge < -0.3 is 14.8 Å². The summed E-state index contributed by atoms with van der Waals surface area (Å²) < 4.78 is 10.8. The van der Waals surface area contributed by atoms with E-state index < -0.39 is 6.10 Å². The van der Waals surface area contributed by atoms with Crippen molar-refractivity contribution in [3.8, 4) is 11.5 Å². The largest absolute Gasteiger partial charge is 0.497 e. The van der Waals surface area contributed by atoms with Crippen LogP contribution < -0.4 is 14.8 Å². The van der Waals surface area contributed by atoms with Crippen LogP contribution in [0.3, 0.4) is 0 Å². The Morgan fingerprint density at radius 1 is 1.23 bits per heavy atom. The van der Waals surface area contributed by atoms with Crippen molar-refractivity contribution in [2.75, 3.05) is 12.4 Å². The van der Waals surface area contributed by atoms with Crippen LogP contribution in [0.1, 0.15) is 12.5 Å². The fourth-order valence-corrected chi connectivity index (χ4v) is 2.16. The van der Waals surface area contributed by atoms with E-state index in [2.05, 4.69) is 5.32 Å². The lowest BCUT2D eigenvalue weighted by Crippen LogP contribution is -2.30. The first kappa shape index (κ1) is 16.2. The van der Waals surface area contributed by atoms with E-state index in [4.69, 9.17) is 21.1 Å². The van der Waals surface area contributed by atoms with Crippen LogP contribution in [0.2, 0.25) is 5.02 Å². The molecule has 0 spiro atoms. The predicted molar refractivity (Wildman–Crippen MR) is 87.9 cm³/mol. The smallest absolute Gasteiger partial charge is 0.265 e. The minimum atomic E-state index is -0.633. The van der Waals surface area contributed by atoms with Crippen molar-refractivity contribution in [1.82, 2.24) is 0 Å². The van der Waals surface area contributed by atoms with Gasteiger partial charge in [-0.3, -0.25) is 4.79 Å². The molecule has 0 aliphatic carbocycles. The number of carbonyl (C=O) groups excluding carboxylic acids is 1. The van der Waals surface area contributed by atoms with Gasteiger partial charge >= 0.3 is 0 Å². The van der Waals surface area contributed by atoms with Crippen molar-refractivity contribution in [1.29, 1.82) is 0 Å². The zero-order chi connectivity index (χ0) is 16.1. The van der Waals surface area contributed by atoms with Crippen molar-refractivity contribution in [3.05, 3.63) is 53.1 Å². The van der Waals surface area contributed by atoms with Gasteiger partial charge in [0.05, 0.1) is 7.11 Å². The van der Waals surface area contributed by atoms with Gasteiger partial charge in [0.1, 0.15) is 11.5 Å². The van der Waals surface area contributed by atoms with Crippen LogP contribution in [0.15, 0.2) is 42.5 Å². The highest BCUT2D eigenvalue weighted by molar-refractivity contribution is 6.30. The summed E-state index contributed by atoms with van der Waals surface area (Å²) >= 11 is 5.91. The molecule has 2 aromatic rings. The van der Waals surface area contributed by atoms with Gasteiger partial charge in [0, 0.05) is 16.8 Å². The van der Waals surface area contributed by atoms with Crippen LogP contribution in [-0.4, -0.2) is 19.1 Å². The van der Waals surface area contributed by atoms with Gasteiger partial charge in [0.15, 0.2) is 6.10 Å². The Kier molecular flexibility index (Phi) is 5.28. The molecule has 0 aromatic heterocycles. The normalized spacial score (nSPS) is 11.6. The average Bonchev–Trinajstić information content (AvgIpc) is 2.50. The molecule has 116 valence electrons. The Bertz CT molecular complexity index is 673. The lowest BCUT2D eigenvalue weighted by Gasteiger charge is -2.16. The number of aryl methyl sites for hydroxylation is 1. The first-order chi connectivity index (χ1) is 10.5. The first-order valence-electron chi connectivity index (χ1n) is 6.87. The van der Waals surface area contributed by atoms with Gasteiger partial charge in [-0.15, -0.1) is 0 Å². The van der Waals surface area contributed by atoms with E-state index in [-0.39, 0.29) is 5.91 Å². The number of amides is 1. The lowest BCUT2D eigenvalue weighted by atomic mass is 10.2. The third kappa shape index (κ3) is 4.15. The van der Waals surface area contributed by atoms with Gasteiger partial charge in [-0.25, -0.2) is 0 Å². The number of methoxy groups -OCH3 is 1. The van der Waals surface area contributed by atoms with Gasteiger partial charge in [-0.2, -0.15) is 0 Å². The van der Waals surface area contributed by atoms with Crippen LogP contribution in [0, 0.1) is 6.92 Å². The van der Waals surface area contributed by atoms with E-state index in [9.17, 15) is 4.79 Å². The van der Waals surface area contributed by atoms with E-state index in [0.29, 0.717) is 22.2 Å². The number of rotatable bonds is 5. The van der Waals surface area contributed by atoms with Crippen LogP contribution in [0.4, 0.5) is 5.69 Å². The molecule has 0 radical (unpaired) electrons. The number of halogens is 1. The molecule has 0 fully saturated rings. The summed E-state index contributed by atoms with van der Waals surface area (Å²) in [6, 6.07) is 12.4. The number of hydrogen-bond acceptors (Lipinski definition) is 3. The average molecular weight is 320 g/mol. The highest BCUT2D eigenvalue weighted by atomic mass is 35.5. The van der Waals surface area contributed by atoms with E-state index in [1.54, 1.807) is 44.4 Å². The van der Waals surface area contributed by atoms with E-state index in [0.717, 1.165) is 5.56 Å². The molecule has 2 aromatic carbocycles. The quantitative estimate of drug-likeness (QED) is 0.904. The van der Waals surface area contributed by atoms with Gasteiger partial charge in [-0.05, 0) is 49.7 Å². The molecule has 1 amide bonds. The van der Waals surface area contributed by atoms with Crippen LogP contribution in [-0.2, 0) is 4.79 Å². The molecular weight excluding hydrogens is 302 g/mol. The van der Waals surface area contributed by atoms with Crippen molar-refractivity contribution in [2.45, 2.75) is 20.0 Å². The molecule has 22 heavy (non-hydrogen) atoms. The Morgan fingerprint density at radius 3 is 2.68 bits per heavy atom. The predicted octanol–water partition coefficient (Wildman–Crippen LogP) is 4.06. The number of anilines is 1. The Morgan fingerprint density at radius 2 is 2.00 bits per heavy atom. The number of ether oxygens (including phenoxy) is 2. The topological polar surface area (TPSA) is 47.6 Å². The zero-order valence-electron chi connectivity index (χ0n) is 12.7. The molecule has 0 aliphatic heterocycles. The van der Waals surface area contributed by atoms with Crippen molar-refractivity contribution in [3.63, 3.8) is 0 Å². The Labute approximate surface area is 135 Å². The van der Waals surface area contributed by atoms with E-state index in [1.807, 2.05) is 19.1 Å². The summed E-state index contributed by atoms with van der Waals surface area (Å²) in [5.74, 6) is 1.08. The standard InChI is InChI=1S/C17H18ClNO3/c1-11-9-13(18)7-8-16(11)22-12(2)17(20)19-14-5-4-6-15(10-14)21-3/h4-10,12H,1-3H3,(H,19,20)/t12-/m1/s1. The summed E-state index contributed by atoms with van der Waals surface area (Å²) in [5, 5.41) is 3.43. The van der Waals surface area contributed by atoms with Crippen molar-refractivity contribution >= 4 is 23.2 Å². The second kappa shape index (κ2) is 7.18. The molecule has 0 heterocycles. The fourth-order valence-electron chi connectivity index (χ4n) is 1.93. The number of carbonyl (C=O) groups is 1. The fraction of sp³-hybridized carbons (Fsp3) is 0.235. The Hall–Kier alpha value is -2.20. The molecule has 2 rings (SSSR count). The van der Waals surface area contributed by atoms with E-state index >= 15 is 0 Å². The van der Waals surface area contributed by atoms with Crippen molar-refractivity contribution in [2.24, 2.45) is 0 Å². The SMILES string of the molecule is COc1cccc(NC(=O)[C@@H](C)Oc2ccc(Cl)cc2C)c1. The van der Waals surface area contributed by atoms with Gasteiger partial charge in [0.2, 0.25) is 0 Å². The van der Waals surface area contributed by atoms with Crippen LogP contribution in [0.5, 0.6) is 11.5 Å². The third-order valence-electron chi connectivity index (χ3n) is 3.15. The molecule has 5 heteroatoms. The minimum absolute atomic E-state index is 0.234. The van der Waals surface area contributed by atoms with Crippen LogP contribution in [0.25, 0.3) is 0 Å². The summed E-state index contributed by atoms with van der Waals surface area (Å²) in [6.07, 6.45) is -0.633. The molecule has 0 saturated heterocycles. The maximum atomic E-state index is 12.2. The Balaban J connectivity index is 2.02. The minimum Gasteiger partial charge on any atom is -0.497 e. The first-order valence-corrected chi connectivity index (χ1v) is 7.25. The second-order valence-corrected chi connectivity index (χ2v) is 5.33. The number of benzene rings is 2. The van der Waals surface area contributed by atoms with Gasteiger partial charge in [-0.1, -0.05) is 17.7 Å². The van der Waals surface area contributed by atoms with Crippen molar-refractivity contribution < 1.29 is 14.3 Å². The molecule has 1 N–H and O–H groups in total. The molecule has 0 bridgehead atoms. The summed E-state index contributed by atoms with van der Waals surface area (Å²) in [7, 11) is 1.58. The molecule has 0 aliphatic rings. The maximum Gasteiger partial charge on any atom is 0.265 e. The lowest BCUT2D eigenvalue weighted by molar-refractivity contribution is -0.122. The molecule has 0 saturated carbocycles. The summed E-state index contributed by atoms with van der Waals surface area (Å²) in [5.41, 5.74) is 1.54. The third-order valence-corrected chi connectivity index (χ3v) is 3.38. The van der Waals surface area contributed by atoms with Gasteiger partial charge in [0.25, 0.3) is 5.91 Å². The number of nitrogens with one attached hydrogen (secondary N) is 1. The van der Waals surface area contributed by atoms with Crippen LogP contribution >= 0.6 is 11.6 Å². The summed E-state index contributed by atoms with van der Waals surface area (Å²) in [6.45, 7) is 3.58. The molecule has 1 atom stereocenters. The maximum absolute atomic E-state index is 12.2. The highest BCUT2D eigenvalue weighted by Crippen LogP contribution is 2.23. The molecular formula is C17H18ClNO3. The highest BCUT2D eigenvalue weighted by Gasteiger charge is 2.16.